The molecule has 0 radical (unpaired) electrons. The lowest BCUT2D eigenvalue weighted by Crippen LogP contribution is -2.31. The van der Waals surface area contributed by atoms with Crippen molar-refractivity contribution in [3.05, 3.63) is 18.0 Å². The molecule has 1 atom stereocenters. The maximum absolute atomic E-state index is 7.42. The van der Waals surface area contributed by atoms with Gasteiger partial charge in [-0.3, -0.25) is 15.0 Å². The summed E-state index contributed by atoms with van der Waals surface area (Å²) < 4.78 is 2.07. The predicted molar refractivity (Wildman–Crippen MR) is 79.3 cm³/mol. The summed E-state index contributed by atoms with van der Waals surface area (Å²) in [4.78, 5) is 2.16. The molecule has 0 bridgehead atoms. The van der Waals surface area contributed by atoms with E-state index in [1.165, 1.54) is 0 Å². The molecule has 0 saturated heterocycles. The van der Waals surface area contributed by atoms with Crippen LogP contribution in [0.15, 0.2) is 12.3 Å². The first-order chi connectivity index (χ1) is 8.97. The van der Waals surface area contributed by atoms with Crippen molar-refractivity contribution < 1.29 is 0 Å². The Balaban J connectivity index is 2.55. The van der Waals surface area contributed by atoms with Crippen LogP contribution in [0.4, 0.5) is 0 Å². The normalized spacial score (nSPS) is 13.2. The van der Waals surface area contributed by atoms with Crippen LogP contribution < -0.4 is 5.73 Å². The lowest BCUT2D eigenvalue weighted by Gasteiger charge is -2.19. The fourth-order valence-corrected chi connectivity index (χ4v) is 2.23. The van der Waals surface area contributed by atoms with Crippen molar-refractivity contribution in [3.63, 3.8) is 0 Å². The number of hydrogen-bond donors (Lipinski definition) is 2. The molecule has 1 aromatic heterocycles. The number of amidine groups is 1. The van der Waals surface area contributed by atoms with Crippen LogP contribution in [0.25, 0.3) is 0 Å². The number of nitrogens with one attached hydrogen (secondary N) is 1. The molecule has 0 fully saturated rings. The smallest absolute Gasteiger partial charge is 0.0947 e. The molecule has 108 valence electrons. The van der Waals surface area contributed by atoms with Gasteiger partial charge in [0.1, 0.15) is 0 Å². The highest BCUT2D eigenvalue weighted by molar-refractivity contribution is 5.79. The van der Waals surface area contributed by atoms with Crippen molar-refractivity contribution in [2.75, 3.05) is 13.6 Å². The van der Waals surface area contributed by atoms with Crippen LogP contribution in [0, 0.1) is 11.3 Å². The SMILES string of the molecule is CCC(CC)n1ccc(CN(C)CC(C)C(=N)N)n1. The molecule has 1 rings (SSSR count). The van der Waals surface area contributed by atoms with Gasteiger partial charge in [-0.25, -0.2) is 0 Å². The molecule has 0 saturated carbocycles. The predicted octanol–water partition coefficient (Wildman–Crippen LogP) is 2.25. The maximum Gasteiger partial charge on any atom is 0.0947 e. The van der Waals surface area contributed by atoms with Gasteiger partial charge in [0, 0.05) is 25.2 Å². The molecular formula is C14H27N5. The molecule has 1 unspecified atom stereocenters. The Hall–Kier alpha value is -1.36. The van der Waals surface area contributed by atoms with Crippen LogP contribution in [-0.4, -0.2) is 34.1 Å². The van der Waals surface area contributed by atoms with Crippen LogP contribution in [0.5, 0.6) is 0 Å². The van der Waals surface area contributed by atoms with Crippen LogP contribution in [-0.2, 0) is 6.54 Å². The zero-order valence-electron chi connectivity index (χ0n) is 12.6. The van der Waals surface area contributed by atoms with E-state index in [-0.39, 0.29) is 11.8 Å². The Morgan fingerprint density at radius 2 is 2.11 bits per heavy atom. The van der Waals surface area contributed by atoms with Gasteiger partial charge in [-0.1, -0.05) is 20.8 Å². The van der Waals surface area contributed by atoms with Crippen molar-refractivity contribution in [2.24, 2.45) is 11.7 Å². The van der Waals surface area contributed by atoms with Gasteiger partial charge in [-0.05, 0) is 26.0 Å². The van der Waals surface area contributed by atoms with Crippen molar-refractivity contribution in [2.45, 2.75) is 46.2 Å². The molecule has 3 N–H and O–H groups in total. The number of rotatable bonds is 8. The van der Waals surface area contributed by atoms with Crippen molar-refractivity contribution in [1.82, 2.24) is 14.7 Å². The molecule has 0 spiro atoms. The Morgan fingerprint density at radius 3 is 2.63 bits per heavy atom. The summed E-state index contributed by atoms with van der Waals surface area (Å²) in [6.07, 6.45) is 4.28. The zero-order chi connectivity index (χ0) is 14.4. The van der Waals surface area contributed by atoms with E-state index in [9.17, 15) is 0 Å². The lowest BCUT2D eigenvalue weighted by molar-refractivity contribution is 0.300. The fraction of sp³-hybridized carbons (Fsp3) is 0.714. The molecule has 1 aromatic rings. The molecule has 0 aliphatic rings. The highest BCUT2D eigenvalue weighted by atomic mass is 15.3. The van der Waals surface area contributed by atoms with Gasteiger partial charge in [0.15, 0.2) is 0 Å². The zero-order valence-corrected chi connectivity index (χ0v) is 12.6. The standard InChI is InChI=1S/C14H27N5/c1-5-13(6-2)19-8-7-12(17-19)10-18(4)9-11(3)14(15)16/h7-8,11,13H,5-6,9-10H2,1-4H3,(H3,15,16). The van der Waals surface area contributed by atoms with E-state index in [0.29, 0.717) is 6.04 Å². The Bertz CT molecular complexity index is 394. The number of nitrogens with two attached hydrogens (primary N) is 1. The monoisotopic (exact) mass is 265 g/mol. The van der Waals surface area contributed by atoms with Gasteiger partial charge >= 0.3 is 0 Å². The van der Waals surface area contributed by atoms with E-state index in [2.05, 4.69) is 40.8 Å². The van der Waals surface area contributed by atoms with E-state index in [4.69, 9.17) is 11.1 Å². The van der Waals surface area contributed by atoms with Gasteiger partial charge < -0.3 is 5.73 Å². The molecule has 5 heteroatoms. The lowest BCUT2D eigenvalue weighted by atomic mass is 10.1. The minimum atomic E-state index is 0.0890. The van der Waals surface area contributed by atoms with Crippen molar-refractivity contribution in [3.8, 4) is 0 Å². The van der Waals surface area contributed by atoms with Gasteiger partial charge in [0.05, 0.1) is 17.6 Å². The maximum atomic E-state index is 7.42. The largest absolute Gasteiger partial charge is 0.387 e. The summed E-state index contributed by atoms with van der Waals surface area (Å²) in [5.74, 6) is 0.334. The third-order valence-corrected chi connectivity index (χ3v) is 3.53. The van der Waals surface area contributed by atoms with Crippen LogP contribution in [0.3, 0.4) is 0 Å². The minimum absolute atomic E-state index is 0.0890. The summed E-state index contributed by atoms with van der Waals surface area (Å²) in [7, 11) is 2.04. The molecule has 19 heavy (non-hydrogen) atoms. The third-order valence-electron chi connectivity index (χ3n) is 3.53. The summed E-state index contributed by atoms with van der Waals surface area (Å²) in [6, 6.07) is 2.57. The second-order valence-corrected chi connectivity index (χ2v) is 5.31. The molecule has 5 nitrogen and oxygen atoms in total. The number of hydrogen-bond acceptors (Lipinski definition) is 3. The topological polar surface area (TPSA) is 70.9 Å². The van der Waals surface area contributed by atoms with E-state index in [1.807, 2.05) is 14.0 Å². The highest BCUT2D eigenvalue weighted by Gasteiger charge is 2.12. The van der Waals surface area contributed by atoms with Gasteiger partial charge in [-0.2, -0.15) is 5.10 Å². The summed E-state index contributed by atoms with van der Waals surface area (Å²) in [5, 5.41) is 12.0. The quantitative estimate of drug-likeness (QED) is 0.559. The van der Waals surface area contributed by atoms with Crippen molar-refractivity contribution in [1.29, 1.82) is 5.41 Å². The van der Waals surface area contributed by atoms with Gasteiger partial charge in [0.2, 0.25) is 0 Å². The van der Waals surface area contributed by atoms with Crippen LogP contribution in [0.2, 0.25) is 0 Å². The van der Waals surface area contributed by atoms with Gasteiger partial charge in [0.25, 0.3) is 0 Å². The molecule has 0 amide bonds. The Kier molecular flexibility index (Phi) is 6.02. The summed E-state index contributed by atoms with van der Waals surface area (Å²) in [5.41, 5.74) is 6.57. The van der Waals surface area contributed by atoms with Crippen molar-refractivity contribution >= 4 is 5.84 Å². The summed E-state index contributed by atoms with van der Waals surface area (Å²) >= 11 is 0. The van der Waals surface area contributed by atoms with E-state index in [0.717, 1.165) is 31.6 Å². The molecular weight excluding hydrogens is 238 g/mol. The van der Waals surface area contributed by atoms with E-state index >= 15 is 0 Å². The average molecular weight is 265 g/mol. The molecule has 0 aliphatic heterocycles. The molecule has 1 heterocycles. The first-order valence-electron chi connectivity index (χ1n) is 7.04. The number of aromatic nitrogens is 2. The first-order valence-corrected chi connectivity index (χ1v) is 7.04. The van der Waals surface area contributed by atoms with E-state index < -0.39 is 0 Å². The Labute approximate surface area is 116 Å². The molecule has 0 aromatic carbocycles. The fourth-order valence-electron chi connectivity index (χ4n) is 2.23. The third kappa shape index (κ3) is 4.67. The second kappa shape index (κ2) is 7.28. The Morgan fingerprint density at radius 1 is 1.47 bits per heavy atom. The van der Waals surface area contributed by atoms with Gasteiger partial charge in [-0.15, -0.1) is 0 Å². The average Bonchev–Trinajstić information content (AvgIpc) is 2.78. The van der Waals surface area contributed by atoms with Crippen LogP contribution in [0.1, 0.15) is 45.3 Å². The summed E-state index contributed by atoms with van der Waals surface area (Å²) in [6.45, 7) is 7.94. The minimum Gasteiger partial charge on any atom is -0.387 e. The number of nitrogens with zero attached hydrogens (tertiary/aromatic N) is 3. The second-order valence-electron chi connectivity index (χ2n) is 5.31. The van der Waals surface area contributed by atoms with E-state index in [1.54, 1.807) is 0 Å². The first kappa shape index (κ1) is 15.7. The van der Waals surface area contributed by atoms with Crippen LogP contribution >= 0.6 is 0 Å². The highest BCUT2D eigenvalue weighted by Crippen LogP contribution is 2.15. The molecule has 0 aliphatic carbocycles.